The van der Waals surface area contributed by atoms with E-state index in [1.54, 1.807) is 87.0 Å². The van der Waals surface area contributed by atoms with Crippen LogP contribution in [0, 0.1) is 6.92 Å². The molecule has 0 unspecified atom stereocenters. The Morgan fingerprint density at radius 3 is 2.20 bits per heavy atom. The monoisotopic (exact) mass is 595 g/mol. The first-order valence-electron chi connectivity index (χ1n) is 13.8. The number of rotatable bonds is 10. The second-order valence-corrected chi connectivity index (χ2v) is 10.0. The Labute approximate surface area is 254 Å². The van der Waals surface area contributed by atoms with Gasteiger partial charge in [-0.05, 0) is 78.0 Å². The van der Waals surface area contributed by atoms with Crippen molar-refractivity contribution in [3.05, 3.63) is 111 Å². The number of carbonyl (C=O) groups excluding carboxylic acids is 1. The summed E-state index contributed by atoms with van der Waals surface area (Å²) in [6.07, 6.45) is 0. The largest absolute Gasteiger partial charge is 0.496 e. The molecule has 10 heteroatoms. The van der Waals surface area contributed by atoms with Crippen LogP contribution in [-0.2, 0) is 24.5 Å². The van der Waals surface area contributed by atoms with Crippen molar-refractivity contribution >= 4 is 16.7 Å². The third-order valence-electron chi connectivity index (χ3n) is 7.42. The third kappa shape index (κ3) is 5.72. The first-order chi connectivity index (χ1) is 21.3. The highest BCUT2D eigenvalue weighted by Crippen LogP contribution is 2.40. The number of aliphatic hydroxyl groups is 1. The van der Waals surface area contributed by atoms with Crippen molar-refractivity contribution in [3.8, 4) is 34.1 Å². The molecule has 44 heavy (non-hydrogen) atoms. The lowest BCUT2D eigenvalue weighted by molar-refractivity contribution is 0.0591. The first kappa shape index (κ1) is 30.3. The van der Waals surface area contributed by atoms with Crippen LogP contribution in [0.2, 0.25) is 0 Å². The number of nitrogens with two attached hydrogens (primary N) is 1. The van der Waals surface area contributed by atoms with Crippen LogP contribution in [0.3, 0.4) is 0 Å². The minimum atomic E-state index is -0.699. The lowest BCUT2D eigenvalue weighted by Crippen LogP contribution is -2.27. The van der Waals surface area contributed by atoms with E-state index < -0.39 is 11.5 Å². The van der Waals surface area contributed by atoms with Gasteiger partial charge in [0.2, 0.25) is 0 Å². The van der Waals surface area contributed by atoms with Crippen molar-refractivity contribution in [3.63, 3.8) is 0 Å². The summed E-state index contributed by atoms with van der Waals surface area (Å²) in [5.41, 5.74) is 9.70. The summed E-state index contributed by atoms with van der Waals surface area (Å²) < 4.78 is 23.9. The Balaban J connectivity index is 1.80. The number of methoxy groups -OCH3 is 3. The highest BCUT2D eigenvalue weighted by Gasteiger charge is 2.26. The number of nitrogens with zero attached hydrogens (tertiary/aromatic N) is 2. The summed E-state index contributed by atoms with van der Waals surface area (Å²) in [7, 11) is 4.38. The van der Waals surface area contributed by atoms with E-state index >= 15 is 0 Å². The van der Waals surface area contributed by atoms with Crippen molar-refractivity contribution in [1.82, 2.24) is 9.55 Å². The molecule has 2 heterocycles. The zero-order valence-electron chi connectivity index (χ0n) is 24.9. The van der Waals surface area contributed by atoms with Gasteiger partial charge in [0.1, 0.15) is 29.5 Å². The Bertz CT molecular complexity index is 1870. The number of ether oxygens (including phenoxy) is 4. The fraction of sp³-hybridized carbons (Fsp3) is 0.206. The molecule has 5 rings (SSSR count). The second-order valence-electron chi connectivity index (χ2n) is 10.0. The standard InChI is InChI=1S/C34H33N3O7/c1-20-29(41-2)14-22(15-30(20)42-3)31-27-13-12-26(44-19-24-7-5-6-23(18-38)36-24)16-28(27)33(39)37(32(31)34(40)43-4)25-10-8-21(17-35)9-11-25/h5-16,38H,17-19,35H2,1-4H3. The van der Waals surface area contributed by atoms with Crippen molar-refractivity contribution in [2.75, 3.05) is 21.3 Å². The molecule has 3 aromatic carbocycles. The van der Waals surface area contributed by atoms with Gasteiger partial charge in [0.05, 0.1) is 44.7 Å². The number of fused-ring (bicyclic) bond motifs is 1. The quantitative estimate of drug-likeness (QED) is 0.220. The van der Waals surface area contributed by atoms with Gasteiger partial charge < -0.3 is 29.8 Å². The predicted molar refractivity (Wildman–Crippen MR) is 167 cm³/mol. The van der Waals surface area contributed by atoms with Gasteiger partial charge in [-0.15, -0.1) is 0 Å². The molecule has 5 aromatic rings. The fourth-order valence-corrected chi connectivity index (χ4v) is 5.16. The zero-order chi connectivity index (χ0) is 31.4. The first-order valence-corrected chi connectivity index (χ1v) is 13.8. The minimum Gasteiger partial charge on any atom is -0.496 e. The molecule has 0 atom stereocenters. The van der Waals surface area contributed by atoms with Crippen molar-refractivity contribution in [1.29, 1.82) is 0 Å². The fourth-order valence-electron chi connectivity index (χ4n) is 5.16. The molecule has 0 aliphatic heterocycles. The highest BCUT2D eigenvalue weighted by molar-refractivity contribution is 6.07. The summed E-state index contributed by atoms with van der Waals surface area (Å²) in [5, 5.41) is 10.2. The van der Waals surface area contributed by atoms with Crippen LogP contribution in [-0.4, -0.2) is 42.0 Å². The molecule has 0 aliphatic rings. The van der Waals surface area contributed by atoms with Gasteiger partial charge in [0, 0.05) is 23.4 Å². The summed E-state index contributed by atoms with van der Waals surface area (Å²) in [5.74, 6) is 0.819. The van der Waals surface area contributed by atoms with E-state index in [1.165, 1.54) is 11.7 Å². The van der Waals surface area contributed by atoms with Gasteiger partial charge in [0.15, 0.2) is 0 Å². The number of aliphatic hydroxyl groups excluding tert-OH is 1. The Hall–Kier alpha value is -5.19. The van der Waals surface area contributed by atoms with Crippen molar-refractivity contribution in [2.45, 2.75) is 26.7 Å². The molecule has 0 radical (unpaired) electrons. The van der Waals surface area contributed by atoms with Gasteiger partial charge in [-0.1, -0.05) is 18.2 Å². The molecule has 10 nitrogen and oxygen atoms in total. The number of hydrogen-bond donors (Lipinski definition) is 2. The average Bonchev–Trinajstić information content (AvgIpc) is 3.07. The number of aromatic nitrogens is 2. The maximum Gasteiger partial charge on any atom is 0.355 e. The molecular formula is C34H33N3O7. The van der Waals surface area contributed by atoms with Gasteiger partial charge in [0.25, 0.3) is 5.56 Å². The van der Waals surface area contributed by atoms with E-state index in [-0.39, 0.29) is 18.9 Å². The molecule has 0 saturated carbocycles. The molecule has 0 fully saturated rings. The zero-order valence-corrected chi connectivity index (χ0v) is 24.9. The lowest BCUT2D eigenvalue weighted by Gasteiger charge is -2.21. The summed E-state index contributed by atoms with van der Waals surface area (Å²) in [6, 6.07) is 21.1. The third-order valence-corrected chi connectivity index (χ3v) is 7.42. The van der Waals surface area contributed by atoms with E-state index in [2.05, 4.69) is 4.98 Å². The van der Waals surface area contributed by atoms with E-state index in [4.69, 9.17) is 24.7 Å². The van der Waals surface area contributed by atoms with Crippen LogP contribution < -0.4 is 25.5 Å². The topological polar surface area (TPSA) is 135 Å². The minimum absolute atomic E-state index is 0.0390. The van der Waals surface area contributed by atoms with Crippen molar-refractivity contribution in [2.24, 2.45) is 5.73 Å². The van der Waals surface area contributed by atoms with E-state index in [0.717, 1.165) is 11.1 Å². The summed E-state index contributed by atoms with van der Waals surface area (Å²) in [6.45, 7) is 2.13. The molecule has 226 valence electrons. The maximum absolute atomic E-state index is 14.3. The number of carbonyl (C=O) groups is 1. The number of hydrogen-bond acceptors (Lipinski definition) is 9. The van der Waals surface area contributed by atoms with Crippen LogP contribution in [0.15, 0.2) is 77.6 Å². The molecule has 0 amide bonds. The smallest absolute Gasteiger partial charge is 0.355 e. The van der Waals surface area contributed by atoms with Crippen LogP contribution in [0.5, 0.6) is 17.2 Å². The molecule has 2 aromatic heterocycles. The normalized spacial score (nSPS) is 11.0. The maximum atomic E-state index is 14.3. The lowest BCUT2D eigenvalue weighted by atomic mass is 9.94. The van der Waals surface area contributed by atoms with E-state index in [1.807, 2.05) is 6.92 Å². The Morgan fingerprint density at radius 1 is 0.909 bits per heavy atom. The number of benzene rings is 3. The van der Waals surface area contributed by atoms with Gasteiger partial charge >= 0.3 is 5.97 Å². The van der Waals surface area contributed by atoms with E-state index in [0.29, 0.717) is 62.8 Å². The van der Waals surface area contributed by atoms with Crippen LogP contribution in [0.4, 0.5) is 0 Å². The molecule has 0 aliphatic carbocycles. The summed E-state index contributed by atoms with van der Waals surface area (Å²) >= 11 is 0. The van der Waals surface area contributed by atoms with Gasteiger partial charge in [-0.2, -0.15) is 0 Å². The second kappa shape index (κ2) is 13.0. The van der Waals surface area contributed by atoms with Gasteiger partial charge in [-0.3, -0.25) is 14.3 Å². The molecule has 0 spiro atoms. The predicted octanol–water partition coefficient (Wildman–Crippen LogP) is 4.69. The molecular weight excluding hydrogens is 562 g/mol. The van der Waals surface area contributed by atoms with Crippen LogP contribution >= 0.6 is 0 Å². The van der Waals surface area contributed by atoms with E-state index in [9.17, 15) is 14.7 Å². The molecule has 0 saturated heterocycles. The van der Waals surface area contributed by atoms with Crippen LogP contribution in [0.25, 0.3) is 27.6 Å². The highest BCUT2D eigenvalue weighted by atomic mass is 16.5. The SMILES string of the molecule is COC(=O)c1c(-c2cc(OC)c(C)c(OC)c2)c2ccc(OCc3cccc(CO)n3)cc2c(=O)n1-c1ccc(CN)cc1. The number of esters is 1. The molecule has 3 N–H and O–H groups in total. The Kier molecular flexibility index (Phi) is 8.94. The Morgan fingerprint density at radius 2 is 1.59 bits per heavy atom. The van der Waals surface area contributed by atoms with Crippen molar-refractivity contribution < 1.29 is 28.8 Å². The van der Waals surface area contributed by atoms with Gasteiger partial charge in [-0.25, -0.2) is 4.79 Å². The average molecular weight is 596 g/mol. The number of pyridine rings is 2. The summed E-state index contributed by atoms with van der Waals surface area (Å²) in [4.78, 5) is 32.2. The molecule has 0 bridgehead atoms. The van der Waals surface area contributed by atoms with Crippen LogP contribution in [0.1, 0.15) is 33.0 Å².